The Bertz CT molecular complexity index is 872. The first kappa shape index (κ1) is 24.0. The maximum Gasteiger partial charge on any atom is 0.261 e. The van der Waals surface area contributed by atoms with Gasteiger partial charge in [0.2, 0.25) is 5.91 Å². The van der Waals surface area contributed by atoms with Crippen molar-refractivity contribution >= 4 is 35.0 Å². The number of benzene rings is 2. The van der Waals surface area contributed by atoms with Crippen molar-refractivity contribution < 1.29 is 14.3 Å². The average molecular weight is 451 g/mol. The second-order valence-corrected chi connectivity index (χ2v) is 9.05. The summed E-state index contributed by atoms with van der Waals surface area (Å²) in [6.45, 7) is 9.18. The Balaban J connectivity index is 2.23. The number of rotatable bonds is 7. The van der Waals surface area contributed by atoms with Crippen LogP contribution in [0.25, 0.3) is 0 Å². The summed E-state index contributed by atoms with van der Waals surface area (Å²) >= 11 is 12.6. The summed E-state index contributed by atoms with van der Waals surface area (Å²) in [5.41, 5.74) is 1.25. The van der Waals surface area contributed by atoms with Crippen LogP contribution in [0.15, 0.2) is 42.5 Å². The smallest absolute Gasteiger partial charge is 0.261 e. The van der Waals surface area contributed by atoms with Crippen molar-refractivity contribution in [2.24, 2.45) is 0 Å². The quantitative estimate of drug-likeness (QED) is 0.644. The van der Waals surface area contributed by atoms with E-state index in [4.69, 9.17) is 27.9 Å². The molecule has 0 saturated carbocycles. The van der Waals surface area contributed by atoms with Gasteiger partial charge in [-0.25, -0.2) is 0 Å². The van der Waals surface area contributed by atoms with Crippen LogP contribution in [0.3, 0.4) is 0 Å². The summed E-state index contributed by atoms with van der Waals surface area (Å²) in [7, 11) is 0. The van der Waals surface area contributed by atoms with Crippen molar-refractivity contribution in [3.63, 3.8) is 0 Å². The molecule has 162 valence electrons. The predicted molar refractivity (Wildman–Crippen MR) is 121 cm³/mol. The molecule has 0 unspecified atom stereocenters. The van der Waals surface area contributed by atoms with Crippen LogP contribution in [0.1, 0.15) is 38.8 Å². The van der Waals surface area contributed by atoms with E-state index in [2.05, 4.69) is 5.32 Å². The second kappa shape index (κ2) is 10.2. The fourth-order valence-corrected chi connectivity index (χ4v) is 3.29. The molecule has 2 rings (SSSR count). The standard InChI is InChI=1S/C23H28Cl2N2O3/c1-15-9-11-17(12-10-15)30-14-21(28)27(16(2)22(29)26-23(3,4)5)13-18-19(24)7-6-8-20(18)25/h6-12,16H,13-14H2,1-5H3,(H,26,29)/t16-/m0/s1. The maximum atomic E-state index is 13.1. The van der Waals surface area contributed by atoms with Crippen molar-refractivity contribution in [2.75, 3.05) is 6.61 Å². The molecule has 0 aliphatic carbocycles. The van der Waals surface area contributed by atoms with E-state index in [0.29, 0.717) is 21.4 Å². The normalized spacial score (nSPS) is 12.2. The van der Waals surface area contributed by atoms with E-state index in [1.165, 1.54) is 4.90 Å². The van der Waals surface area contributed by atoms with E-state index in [0.717, 1.165) is 5.56 Å². The van der Waals surface area contributed by atoms with E-state index in [9.17, 15) is 9.59 Å². The number of amides is 2. The summed E-state index contributed by atoms with van der Waals surface area (Å²) in [5, 5.41) is 3.78. The van der Waals surface area contributed by atoms with Gasteiger partial charge >= 0.3 is 0 Å². The minimum absolute atomic E-state index is 0.0906. The highest BCUT2D eigenvalue weighted by molar-refractivity contribution is 6.36. The SMILES string of the molecule is Cc1ccc(OCC(=O)N(Cc2c(Cl)cccc2Cl)[C@@H](C)C(=O)NC(C)(C)C)cc1. The third-order valence-corrected chi connectivity index (χ3v) is 5.15. The molecule has 0 aliphatic heterocycles. The van der Waals surface area contributed by atoms with Gasteiger partial charge in [0.25, 0.3) is 5.91 Å². The number of ether oxygens (including phenoxy) is 1. The molecule has 1 atom stereocenters. The van der Waals surface area contributed by atoms with Crippen LogP contribution in [-0.2, 0) is 16.1 Å². The Labute approximate surface area is 188 Å². The fraction of sp³-hybridized carbons (Fsp3) is 0.391. The summed E-state index contributed by atoms with van der Waals surface area (Å²) in [4.78, 5) is 27.3. The van der Waals surface area contributed by atoms with Crippen molar-refractivity contribution in [1.82, 2.24) is 10.2 Å². The largest absolute Gasteiger partial charge is 0.484 e. The molecule has 2 aromatic rings. The molecule has 5 nitrogen and oxygen atoms in total. The monoisotopic (exact) mass is 450 g/mol. The average Bonchev–Trinajstić information content (AvgIpc) is 2.65. The van der Waals surface area contributed by atoms with Crippen LogP contribution >= 0.6 is 23.2 Å². The number of carbonyl (C=O) groups is 2. The van der Waals surface area contributed by atoms with Crippen molar-refractivity contribution in [2.45, 2.75) is 52.7 Å². The predicted octanol–water partition coefficient (Wildman–Crippen LogP) is 5.01. The van der Waals surface area contributed by atoms with Gasteiger partial charge in [0.05, 0.1) is 0 Å². The van der Waals surface area contributed by atoms with Crippen molar-refractivity contribution in [1.29, 1.82) is 0 Å². The minimum atomic E-state index is -0.745. The van der Waals surface area contributed by atoms with Crippen LogP contribution in [0.4, 0.5) is 0 Å². The first-order valence-electron chi connectivity index (χ1n) is 9.72. The van der Waals surface area contributed by atoms with Crippen LogP contribution in [0, 0.1) is 6.92 Å². The van der Waals surface area contributed by atoms with E-state index in [1.807, 2.05) is 39.8 Å². The van der Waals surface area contributed by atoms with Gasteiger partial charge in [-0.2, -0.15) is 0 Å². The number of hydrogen-bond acceptors (Lipinski definition) is 3. The fourth-order valence-electron chi connectivity index (χ4n) is 2.77. The zero-order valence-electron chi connectivity index (χ0n) is 18.0. The van der Waals surface area contributed by atoms with Crippen LogP contribution in [-0.4, -0.2) is 34.9 Å². The van der Waals surface area contributed by atoms with Crippen molar-refractivity contribution in [3.8, 4) is 5.75 Å². The Morgan fingerprint density at radius 3 is 2.17 bits per heavy atom. The van der Waals surface area contributed by atoms with Gasteiger partial charge in [-0.3, -0.25) is 9.59 Å². The highest BCUT2D eigenvalue weighted by atomic mass is 35.5. The molecule has 0 radical (unpaired) electrons. The number of halogens is 2. The molecule has 2 amide bonds. The van der Waals surface area contributed by atoms with Gasteiger partial charge in [-0.15, -0.1) is 0 Å². The first-order valence-corrected chi connectivity index (χ1v) is 10.5. The number of carbonyl (C=O) groups excluding carboxylic acids is 2. The van der Waals surface area contributed by atoms with Gasteiger partial charge in [0.15, 0.2) is 6.61 Å². The lowest BCUT2D eigenvalue weighted by Gasteiger charge is -2.31. The number of nitrogens with one attached hydrogen (secondary N) is 1. The summed E-state index contributed by atoms with van der Waals surface area (Å²) in [6.07, 6.45) is 0. The lowest BCUT2D eigenvalue weighted by atomic mass is 10.1. The summed E-state index contributed by atoms with van der Waals surface area (Å²) < 4.78 is 5.64. The van der Waals surface area contributed by atoms with Gasteiger partial charge in [0.1, 0.15) is 11.8 Å². The lowest BCUT2D eigenvalue weighted by molar-refractivity contribution is -0.142. The Hall–Kier alpha value is -2.24. The molecule has 0 saturated heterocycles. The third kappa shape index (κ3) is 6.92. The molecule has 1 N–H and O–H groups in total. The van der Waals surface area contributed by atoms with Crippen molar-refractivity contribution in [3.05, 3.63) is 63.6 Å². The molecule has 0 aliphatic rings. The van der Waals surface area contributed by atoms with Crippen LogP contribution < -0.4 is 10.1 Å². The van der Waals surface area contributed by atoms with Crippen LogP contribution in [0.5, 0.6) is 5.75 Å². The molecule has 0 aromatic heterocycles. The number of nitrogens with zero attached hydrogens (tertiary/aromatic N) is 1. The molecule has 0 bridgehead atoms. The van der Waals surface area contributed by atoms with E-state index in [-0.39, 0.29) is 25.0 Å². The highest BCUT2D eigenvalue weighted by Crippen LogP contribution is 2.26. The van der Waals surface area contributed by atoms with Gasteiger partial charge in [0, 0.05) is 27.7 Å². The summed E-state index contributed by atoms with van der Waals surface area (Å²) in [5.74, 6) is -0.0334. The number of aryl methyl sites for hydroxylation is 1. The van der Waals surface area contributed by atoms with Gasteiger partial charge in [-0.1, -0.05) is 47.0 Å². The zero-order chi connectivity index (χ0) is 22.5. The molecule has 2 aromatic carbocycles. The Kier molecular flexibility index (Phi) is 8.16. The second-order valence-electron chi connectivity index (χ2n) is 8.24. The minimum Gasteiger partial charge on any atom is -0.484 e. The molecule has 0 heterocycles. The van der Waals surface area contributed by atoms with E-state index in [1.54, 1.807) is 37.3 Å². The van der Waals surface area contributed by atoms with Gasteiger partial charge in [-0.05, 0) is 58.9 Å². The molecular weight excluding hydrogens is 423 g/mol. The molecule has 0 fully saturated rings. The molecular formula is C23H28Cl2N2O3. The van der Waals surface area contributed by atoms with Crippen LogP contribution in [0.2, 0.25) is 10.0 Å². The third-order valence-electron chi connectivity index (χ3n) is 4.44. The Morgan fingerprint density at radius 2 is 1.63 bits per heavy atom. The lowest BCUT2D eigenvalue weighted by Crippen LogP contribution is -2.53. The van der Waals surface area contributed by atoms with E-state index < -0.39 is 11.6 Å². The molecule has 7 heteroatoms. The van der Waals surface area contributed by atoms with E-state index >= 15 is 0 Å². The number of hydrogen-bond donors (Lipinski definition) is 1. The van der Waals surface area contributed by atoms with Gasteiger partial charge < -0.3 is 15.0 Å². The summed E-state index contributed by atoms with van der Waals surface area (Å²) in [6, 6.07) is 11.8. The maximum absolute atomic E-state index is 13.1. The zero-order valence-corrected chi connectivity index (χ0v) is 19.5. The first-order chi connectivity index (χ1) is 14.0. The topological polar surface area (TPSA) is 58.6 Å². The molecule has 0 spiro atoms. The highest BCUT2D eigenvalue weighted by Gasteiger charge is 2.29. The Morgan fingerprint density at radius 1 is 1.07 bits per heavy atom. The molecule has 30 heavy (non-hydrogen) atoms.